The third-order valence-electron chi connectivity index (χ3n) is 1.61. The summed E-state index contributed by atoms with van der Waals surface area (Å²) in [7, 11) is 0. The van der Waals surface area contributed by atoms with Crippen molar-refractivity contribution in [2.45, 2.75) is 6.61 Å². The summed E-state index contributed by atoms with van der Waals surface area (Å²) in [4.78, 5) is 4.62. The molecule has 0 aliphatic carbocycles. The highest BCUT2D eigenvalue weighted by Crippen LogP contribution is 2.20. The minimum Gasteiger partial charge on any atom is -0.488 e. The van der Waals surface area contributed by atoms with Gasteiger partial charge in [0.1, 0.15) is 12.4 Å². The van der Waals surface area contributed by atoms with Crippen molar-refractivity contribution in [2.75, 3.05) is 0 Å². The molecule has 1 radical (unpaired) electrons. The lowest BCUT2D eigenvalue weighted by atomic mass is 10.3. The standard InChI is InChI=1S/C10H8NO2S/c12-10-11-6-9(14-10)7-13-8-4-2-1-3-5-8/h2-6H,7H2,(H,11,12). The highest BCUT2D eigenvalue weighted by atomic mass is 32.1. The van der Waals surface area contributed by atoms with Crippen LogP contribution in [0, 0.1) is 6.07 Å². The number of aromatic hydroxyl groups is 1. The molecule has 1 heterocycles. The van der Waals surface area contributed by atoms with Crippen LogP contribution in [0.2, 0.25) is 0 Å². The summed E-state index contributed by atoms with van der Waals surface area (Å²) in [6.07, 6.45) is 1.61. The van der Waals surface area contributed by atoms with E-state index in [-0.39, 0.29) is 5.19 Å². The van der Waals surface area contributed by atoms with Crippen molar-refractivity contribution in [3.8, 4) is 10.9 Å². The highest BCUT2D eigenvalue weighted by molar-refractivity contribution is 7.13. The first-order chi connectivity index (χ1) is 6.84. The van der Waals surface area contributed by atoms with E-state index in [4.69, 9.17) is 9.84 Å². The quantitative estimate of drug-likeness (QED) is 0.837. The molecule has 2 aromatic rings. The van der Waals surface area contributed by atoms with E-state index in [9.17, 15) is 0 Å². The summed E-state index contributed by atoms with van der Waals surface area (Å²) >= 11 is 1.22. The highest BCUT2D eigenvalue weighted by Gasteiger charge is 2.00. The Bertz CT molecular complexity index is 400. The van der Waals surface area contributed by atoms with Crippen LogP contribution in [0.1, 0.15) is 4.88 Å². The maximum absolute atomic E-state index is 9.00. The van der Waals surface area contributed by atoms with E-state index < -0.39 is 0 Å². The number of hydrogen-bond acceptors (Lipinski definition) is 4. The van der Waals surface area contributed by atoms with Gasteiger partial charge in [0, 0.05) is 6.20 Å². The SMILES string of the molecule is Oc1ncc(COc2cc[c]cc2)s1. The average molecular weight is 206 g/mol. The largest absolute Gasteiger partial charge is 0.488 e. The molecule has 0 saturated carbocycles. The molecular weight excluding hydrogens is 198 g/mol. The topological polar surface area (TPSA) is 42.4 Å². The molecule has 0 amide bonds. The van der Waals surface area contributed by atoms with E-state index in [1.54, 1.807) is 18.3 Å². The van der Waals surface area contributed by atoms with Crippen LogP contribution >= 0.6 is 11.3 Å². The van der Waals surface area contributed by atoms with Crippen LogP contribution in [-0.4, -0.2) is 10.1 Å². The fourth-order valence-corrected chi connectivity index (χ4v) is 1.55. The summed E-state index contributed by atoms with van der Waals surface area (Å²) in [5.74, 6) is 0.789. The molecule has 71 valence electrons. The zero-order chi connectivity index (χ0) is 9.80. The maximum Gasteiger partial charge on any atom is 0.270 e. The molecule has 0 saturated heterocycles. The molecule has 0 fully saturated rings. The Hall–Kier alpha value is -1.55. The number of hydrogen-bond donors (Lipinski definition) is 1. The number of rotatable bonds is 3. The monoisotopic (exact) mass is 206 g/mol. The van der Waals surface area contributed by atoms with Gasteiger partial charge in [-0.05, 0) is 18.2 Å². The molecular formula is C10H8NO2S. The van der Waals surface area contributed by atoms with Gasteiger partial charge in [-0.2, -0.15) is 0 Å². The second kappa shape index (κ2) is 4.11. The van der Waals surface area contributed by atoms with Crippen LogP contribution in [0.3, 0.4) is 0 Å². The zero-order valence-electron chi connectivity index (χ0n) is 7.30. The first-order valence-corrected chi connectivity index (χ1v) is 4.89. The van der Waals surface area contributed by atoms with Crippen molar-refractivity contribution < 1.29 is 9.84 Å². The summed E-state index contributed by atoms with van der Waals surface area (Å²) in [5, 5.41) is 9.07. The number of nitrogens with zero attached hydrogens (tertiary/aromatic N) is 1. The van der Waals surface area contributed by atoms with E-state index in [2.05, 4.69) is 11.1 Å². The van der Waals surface area contributed by atoms with Gasteiger partial charge in [0.2, 0.25) is 0 Å². The van der Waals surface area contributed by atoms with Gasteiger partial charge in [0.05, 0.1) is 4.88 Å². The van der Waals surface area contributed by atoms with E-state index >= 15 is 0 Å². The summed E-state index contributed by atoms with van der Waals surface area (Å²) in [5.41, 5.74) is 0. The number of benzene rings is 1. The second-order valence-electron chi connectivity index (χ2n) is 2.63. The van der Waals surface area contributed by atoms with Gasteiger partial charge in [-0.15, -0.1) is 0 Å². The molecule has 2 rings (SSSR count). The van der Waals surface area contributed by atoms with E-state index in [0.717, 1.165) is 10.6 Å². The molecule has 0 bridgehead atoms. The van der Waals surface area contributed by atoms with Gasteiger partial charge in [-0.25, -0.2) is 4.98 Å². The van der Waals surface area contributed by atoms with Crippen LogP contribution in [-0.2, 0) is 6.61 Å². The Morgan fingerprint density at radius 1 is 1.43 bits per heavy atom. The van der Waals surface area contributed by atoms with Gasteiger partial charge in [0.25, 0.3) is 5.19 Å². The lowest BCUT2D eigenvalue weighted by Crippen LogP contribution is -1.91. The number of aromatic nitrogens is 1. The molecule has 0 spiro atoms. The minimum absolute atomic E-state index is 0.0741. The molecule has 0 aliphatic heterocycles. The molecule has 0 atom stereocenters. The number of thiazole rings is 1. The molecule has 14 heavy (non-hydrogen) atoms. The zero-order valence-corrected chi connectivity index (χ0v) is 8.12. The van der Waals surface area contributed by atoms with Crippen LogP contribution in [0.4, 0.5) is 0 Å². The molecule has 1 N–H and O–H groups in total. The molecule has 1 aromatic carbocycles. The third kappa shape index (κ3) is 2.23. The Morgan fingerprint density at radius 2 is 2.21 bits per heavy atom. The average Bonchev–Trinajstić information content (AvgIpc) is 2.63. The van der Waals surface area contributed by atoms with Gasteiger partial charge in [-0.3, -0.25) is 0 Å². The van der Waals surface area contributed by atoms with Crippen molar-refractivity contribution in [3.63, 3.8) is 0 Å². The lowest BCUT2D eigenvalue weighted by molar-refractivity contribution is 0.309. The first-order valence-electron chi connectivity index (χ1n) is 4.07. The lowest BCUT2D eigenvalue weighted by Gasteiger charge is -2.02. The van der Waals surface area contributed by atoms with E-state index in [0.29, 0.717) is 6.61 Å². The van der Waals surface area contributed by atoms with Gasteiger partial charge in [-0.1, -0.05) is 23.5 Å². The van der Waals surface area contributed by atoms with Gasteiger partial charge < -0.3 is 9.84 Å². The van der Waals surface area contributed by atoms with Crippen molar-refractivity contribution in [3.05, 3.63) is 41.4 Å². The first kappa shape index (κ1) is 9.02. The molecule has 0 aliphatic rings. The summed E-state index contributed by atoms with van der Waals surface area (Å²) < 4.78 is 5.44. The van der Waals surface area contributed by atoms with E-state index in [1.165, 1.54) is 11.3 Å². The fourth-order valence-electron chi connectivity index (χ4n) is 0.986. The van der Waals surface area contributed by atoms with Crippen molar-refractivity contribution in [1.29, 1.82) is 0 Å². The second-order valence-corrected chi connectivity index (χ2v) is 3.73. The molecule has 4 heteroatoms. The number of ether oxygens (including phenoxy) is 1. The molecule has 3 nitrogen and oxygen atoms in total. The van der Waals surface area contributed by atoms with Crippen molar-refractivity contribution in [1.82, 2.24) is 4.98 Å². The van der Waals surface area contributed by atoms with Gasteiger partial charge >= 0.3 is 0 Å². The normalized spacial score (nSPS) is 10.0. The predicted molar refractivity (Wildman–Crippen MR) is 53.4 cm³/mol. The summed E-state index contributed by atoms with van der Waals surface area (Å²) in [6, 6.07) is 10.2. The van der Waals surface area contributed by atoms with Crippen LogP contribution in [0.25, 0.3) is 0 Å². The Morgan fingerprint density at radius 3 is 2.86 bits per heavy atom. The minimum atomic E-state index is 0.0741. The Balaban J connectivity index is 1.95. The van der Waals surface area contributed by atoms with Crippen molar-refractivity contribution in [2.24, 2.45) is 0 Å². The fraction of sp³-hybridized carbons (Fsp3) is 0.100. The third-order valence-corrected chi connectivity index (χ3v) is 2.38. The van der Waals surface area contributed by atoms with Crippen LogP contribution < -0.4 is 4.74 Å². The molecule has 0 unspecified atom stereocenters. The van der Waals surface area contributed by atoms with E-state index in [1.807, 2.05) is 12.1 Å². The Kier molecular flexibility index (Phi) is 2.65. The van der Waals surface area contributed by atoms with Crippen LogP contribution in [0.5, 0.6) is 10.9 Å². The Labute approximate surface area is 85.6 Å². The molecule has 1 aromatic heterocycles. The predicted octanol–water partition coefficient (Wildman–Crippen LogP) is 2.23. The smallest absolute Gasteiger partial charge is 0.270 e. The van der Waals surface area contributed by atoms with Crippen molar-refractivity contribution >= 4 is 11.3 Å². The maximum atomic E-state index is 9.00. The van der Waals surface area contributed by atoms with Crippen LogP contribution in [0.15, 0.2) is 30.5 Å². The van der Waals surface area contributed by atoms with Gasteiger partial charge in [0.15, 0.2) is 0 Å². The summed E-state index contributed by atoms with van der Waals surface area (Å²) in [6.45, 7) is 0.433.